The van der Waals surface area contributed by atoms with Crippen LogP contribution in [-0.2, 0) is 20.8 Å². The number of likely N-dealkylation sites (N-methyl/N-ethyl adjacent to an activating group) is 1. The maximum absolute atomic E-state index is 13.9. The minimum absolute atomic E-state index is 0. The third-order valence-electron chi connectivity index (χ3n) is 7.58. The number of ketones is 2. The number of nitrogens with two attached hydrogens (primary N) is 1. The lowest BCUT2D eigenvalue weighted by molar-refractivity contribution is -0.153. The number of carbonyl (C=O) groups excluding carboxylic acids is 3. The average Bonchev–Trinajstić information content (AvgIpc) is 2.77. The highest BCUT2D eigenvalue weighted by Crippen LogP contribution is 2.53. The van der Waals surface area contributed by atoms with Gasteiger partial charge in [-0.1, -0.05) is 26.8 Å². The van der Waals surface area contributed by atoms with Crippen LogP contribution in [0.4, 0.5) is 0 Å². The highest BCUT2D eigenvalue weighted by molar-refractivity contribution is 6.24. The Morgan fingerprint density at radius 3 is 2.50 bits per heavy atom. The van der Waals surface area contributed by atoms with E-state index >= 15 is 0 Å². The van der Waals surface area contributed by atoms with E-state index in [2.05, 4.69) is 0 Å². The van der Waals surface area contributed by atoms with E-state index in [-0.39, 0.29) is 25.2 Å². The molecule has 0 unspecified atom stereocenters. The highest BCUT2D eigenvalue weighted by atomic mass is 16.5. The van der Waals surface area contributed by atoms with Gasteiger partial charge in [0.25, 0.3) is 5.91 Å². The molecule has 1 saturated carbocycles. The molecule has 5 N–H and O–H groups in total. The molecule has 4 rings (SSSR count). The maximum atomic E-state index is 13.9. The van der Waals surface area contributed by atoms with E-state index in [9.17, 15) is 29.7 Å². The van der Waals surface area contributed by atoms with Crippen LogP contribution in [0.3, 0.4) is 0 Å². The number of carbonyl (C=O) groups is 3. The molecule has 1 aromatic rings. The Balaban J connectivity index is 0.00000361. The van der Waals surface area contributed by atoms with Gasteiger partial charge in [0.1, 0.15) is 22.8 Å². The number of unbranched alkanes of at least 4 members (excludes halogenated alkanes) is 1. The van der Waals surface area contributed by atoms with Gasteiger partial charge < -0.3 is 25.8 Å². The van der Waals surface area contributed by atoms with E-state index < -0.39 is 52.3 Å². The van der Waals surface area contributed by atoms with Crippen molar-refractivity contribution in [2.24, 2.45) is 17.6 Å². The lowest BCUT2D eigenvalue weighted by atomic mass is 9.57. The number of rotatable bonds is 6. The number of nitrogens with zero attached hydrogens (tertiary/aromatic N) is 1. The number of primary amides is 1. The first-order valence-corrected chi connectivity index (χ1v) is 11.9. The van der Waals surface area contributed by atoms with Crippen LogP contribution >= 0.6 is 0 Å². The molecular weight excluding hydrogens is 464 g/mol. The van der Waals surface area contributed by atoms with Crippen molar-refractivity contribution in [1.82, 2.24) is 4.90 Å². The molecule has 0 bridgehead atoms. The van der Waals surface area contributed by atoms with Crippen LogP contribution in [0, 0.1) is 18.8 Å². The summed E-state index contributed by atoms with van der Waals surface area (Å²) in [6.07, 6.45) is 2.27. The van der Waals surface area contributed by atoms with Gasteiger partial charge in [0, 0.05) is 11.5 Å². The Morgan fingerprint density at radius 2 is 1.92 bits per heavy atom. The fourth-order valence-electron chi connectivity index (χ4n) is 5.83. The van der Waals surface area contributed by atoms with Crippen LogP contribution in [0.15, 0.2) is 29.0 Å². The summed E-state index contributed by atoms with van der Waals surface area (Å²) in [4.78, 5) is 40.5. The second-order valence-electron chi connectivity index (χ2n) is 9.90. The number of aryl methyl sites for hydroxylation is 1. The minimum Gasteiger partial charge on any atom is -0.508 e. The predicted molar refractivity (Wildman–Crippen MR) is 134 cm³/mol. The summed E-state index contributed by atoms with van der Waals surface area (Å²) >= 11 is 0. The minimum atomic E-state index is -2.57. The molecule has 1 fully saturated rings. The van der Waals surface area contributed by atoms with Crippen LogP contribution < -0.4 is 10.5 Å². The van der Waals surface area contributed by atoms with Gasteiger partial charge in [0.15, 0.2) is 11.4 Å². The van der Waals surface area contributed by atoms with Crippen molar-refractivity contribution < 1.29 is 34.4 Å². The number of aliphatic hydroxyl groups excluding tert-OH is 2. The number of benzene rings is 1. The summed E-state index contributed by atoms with van der Waals surface area (Å²) in [7, 11) is 3.19. The summed E-state index contributed by atoms with van der Waals surface area (Å²) in [6.45, 7) is 4.39. The average molecular weight is 501 g/mol. The second kappa shape index (κ2) is 9.71. The van der Waals surface area contributed by atoms with Crippen molar-refractivity contribution in [3.8, 4) is 5.75 Å². The summed E-state index contributed by atoms with van der Waals surface area (Å²) in [6, 6.07) is 2.59. The van der Waals surface area contributed by atoms with E-state index in [0.29, 0.717) is 24.3 Å². The van der Waals surface area contributed by atoms with Crippen molar-refractivity contribution in [2.45, 2.75) is 58.6 Å². The van der Waals surface area contributed by atoms with Crippen molar-refractivity contribution >= 4 is 23.2 Å². The van der Waals surface area contributed by atoms with Gasteiger partial charge in [-0.25, -0.2) is 0 Å². The van der Waals surface area contributed by atoms with Crippen LogP contribution in [0.2, 0.25) is 0 Å². The van der Waals surface area contributed by atoms with Gasteiger partial charge in [-0.05, 0) is 63.4 Å². The normalized spacial score (nSPS) is 27.3. The molecule has 0 spiro atoms. The quantitative estimate of drug-likeness (QED) is 0.343. The zero-order valence-corrected chi connectivity index (χ0v) is 20.4. The van der Waals surface area contributed by atoms with E-state index in [1.54, 1.807) is 20.2 Å². The predicted octanol–water partition coefficient (Wildman–Crippen LogP) is 2.38. The monoisotopic (exact) mass is 500 g/mol. The number of Topliss-reactive ketones (excluding diaryl/α,β-unsaturated/α-hetero) is 2. The molecule has 196 valence electrons. The van der Waals surface area contributed by atoms with Crippen molar-refractivity contribution in [3.05, 3.63) is 45.7 Å². The van der Waals surface area contributed by atoms with Crippen LogP contribution in [0.5, 0.6) is 5.75 Å². The lowest BCUT2D eigenvalue weighted by Crippen LogP contribution is -2.65. The molecule has 0 radical (unpaired) electrons. The number of amides is 1. The van der Waals surface area contributed by atoms with Gasteiger partial charge in [-0.15, -0.1) is 0 Å². The van der Waals surface area contributed by atoms with Gasteiger partial charge in [-0.3, -0.25) is 19.3 Å². The third kappa shape index (κ3) is 3.81. The lowest BCUT2D eigenvalue weighted by Gasteiger charge is -2.50. The van der Waals surface area contributed by atoms with Crippen molar-refractivity contribution in [1.29, 1.82) is 0 Å². The van der Waals surface area contributed by atoms with Crippen LogP contribution in [-0.4, -0.2) is 70.0 Å². The molecule has 0 saturated heterocycles. The first-order valence-electron chi connectivity index (χ1n) is 11.9. The van der Waals surface area contributed by atoms with Crippen molar-refractivity contribution in [3.63, 3.8) is 0 Å². The molecular formula is C27H36N2O7. The second-order valence-corrected chi connectivity index (χ2v) is 9.90. The Hall–Kier alpha value is -3.17. The number of hydrogen-bond donors (Lipinski definition) is 4. The van der Waals surface area contributed by atoms with Gasteiger partial charge in [0.2, 0.25) is 5.78 Å². The summed E-state index contributed by atoms with van der Waals surface area (Å²) < 4.78 is 5.91. The zero-order valence-electron chi connectivity index (χ0n) is 20.4. The fraction of sp³-hybridized carbons (Fsp3) is 0.519. The number of hydrogen-bond acceptors (Lipinski definition) is 8. The van der Waals surface area contributed by atoms with Crippen molar-refractivity contribution in [2.75, 3.05) is 20.7 Å². The SMILES string of the molecule is C.CCCCOc1ccc(C)c2c1C(O)=C1C(=O)[C@]3(O)C(O)=C(C(N)=O)C(=O)[C@@H](N(C)C)[C@@H]3C[C@@H]1C2. The van der Waals surface area contributed by atoms with Crippen LogP contribution in [0.1, 0.15) is 50.3 Å². The largest absolute Gasteiger partial charge is 0.508 e. The molecule has 9 nitrogen and oxygen atoms in total. The summed E-state index contributed by atoms with van der Waals surface area (Å²) in [5.74, 6) is -5.35. The third-order valence-corrected chi connectivity index (χ3v) is 7.58. The number of fused-ring (bicyclic) bond motifs is 3. The zero-order chi connectivity index (χ0) is 25.8. The number of ether oxygens (including phenoxy) is 1. The fourth-order valence-corrected chi connectivity index (χ4v) is 5.83. The van der Waals surface area contributed by atoms with E-state index in [1.807, 2.05) is 19.9 Å². The van der Waals surface area contributed by atoms with Gasteiger partial charge in [0.05, 0.1) is 18.2 Å². The smallest absolute Gasteiger partial charge is 0.255 e. The molecule has 9 heteroatoms. The Labute approximate surface area is 211 Å². The molecule has 3 aliphatic carbocycles. The molecule has 1 aromatic carbocycles. The maximum Gasteiger partial charge on any atom is 0.255 e. The molecule has 3 aliphatic rings. The van der Waals surface area contributed by atoms with Crippen LogP contribution in [0.25, 0.3) is 5.76 Å². The number of aliphatic hydroxyl groups is 3. The first-order chi connectivity index (χ1) is 16.5. The van der Waals surface area contributed by atoms with Gasteiger partial charge in [-0.2, -0.15) is 0 Å². The Morgan fingerprint density at radius 1 is 1.25 bits per heavy atom. The molecule has 0 aromatic heterocycles. The standard InChI is InChI=1S/C26H32N2O7.CH4/c1-5-6-9-35-16-8-7-12(2)14-10-13-11-15-20(28(3)4)22(30)19(25(27)33)24(32)26(15,34)23(31)17(13)21(29)18(14)16;/h7-8,13,15,20,29,32,34H,5-6,9-11H2,1-4H3,(H2,27,33);1H4/t13-,15-,20-,26-;/m0./s1. The van der Waals surface area contributed by atoms with Gasteiger partial charge >= 0.3 is 0 Å². The van der Waals surface area contributed by atoms with E-state index in [1.165, 1.54) is 4.90 Å². The molecule has 0 heterocycles. The first kappa shape index (κ1) is 27.4. The highest BCUT2D eigenvalue weighted by Gasteiger charge is 2.64. The molecule has 36 heavy (non-hydrogen) atoms. The summed E-state index contributed by atoms with van der Waals surface area (Å²) in [5.41, 5.74) is 4.12. The molecule has 1 amide bonds. The molecule has 4 atom stereocenters. The summed E-state index contributed by atoms with van der Waals surface area (Å²) in [5, 5.41) is 33.9. The van der Waals surface area contributed by atoms with E-state index in [0.717, 1.165) is 24.0 Å². The van der Waals surface area contributed by atoms with E-state index in [4.69, 9.17) is 10.5 Å². The Bertz CT molecular complexity index is 1180. The molecule has 0 aliphatic heterocycles. The topological polar surface area (TPSA) is 150 Å². The Kier molecular flexibility index (Phi) is 7.39.